The van der Waals surface area contributed by atoms with Gasteiger partial charge in [-0.25, -0.2) is 8.42 Å². The molecule has 0 saturated heterocycles. The first-order valence-corrected chi connectivity index (χ1v) is 9.66. The Kier molecular flexibility index (Phi) is 7.19. The molecule has 10 heteroatoms. The lowest BCUT2D eigenvalue weighted by molar-refractivity contribution is 0.0846. The summed E-state index contributed by atoms with van der Waals surface area (Å²) in [5, 5.41) is 0. The minimum absolute atomic E-state index is 0.0289. The van der Waals surface area contributed by atoms with Crippen molar-refractivity contribution in [1.82, 2.24) is 15.6 Å². The second-order valence-corrected chi connectivity index (χ2v) is 7.30. The molecule has 0 spiro atoms. The molecule has 0 radical (unpaired) electrons. The fraction of sp³-hybridized carbons (Fsp3) is 0.158. The molecular weight excluding hydrogens is 398 g/mol. The molecule has 0 aromatic heterocycles. The van der Waals surface area contributed by atoms with E-state index >= 15 is 0 Å². The van der Waals surface area contributed by atoms with Crippen LogP contribution < -0.4 is 25.0 Å². The number of hydrogen-bond donors (Lipinski definition) is 3. The second-order valence-electron chi connectivity index (χ2n) is 5.53. The average molecular weight is 417 g/mol. The summed E-state index contributed by atoms with van der Waals surface area (Å²) in [6.45, 7) is -0.180. The van der Waals surface area contributed by atoms with Gasteiger partial charge in [-0.2, -0.15) is 4.72 Å². The third-order valence-electron chi connectivity index (χ3n) is 3.71. The lowest BCUT2D eigenvalue weighted by Gasteiger charge is -2.11. The molecule has 0 fully saturated rings. The summed E-state index contributed by atoms with van der Waals surface area (Å²) in [6.07, 6.45) is 5.05. The van der Waals surface area contributed by atoms with Crippen LogP contribution in [-0.2, 0) is 10.0 Å². The predicted octanol–water partition coefficient (Wildman–Crippen LogP) is 0.690. The summed E-state index contributed by atoms with van der Waals surface area (Å²) >= 11 is 0. The van der Waals surface area contributed by atoms with E-state index in [1.807, 2.05) is 0 Å². The summed E-state index contributed by atoms with van der Waals surface area (Å²) in [4.78, 5) is 24.4. The van der Waals surface area contributed by atoms with Gasteiger partial charge in [-0.3, -0.25) is 20.4 Å². The number of sulfonamides is 1. The highest BCUT2D eigenvalue weighted by Crippen LogP contribution is 2.27. The molecule has 0 heterocycles. The average Bonchev–Trinajstić information content (AvgIpc) is 2.75. The summed E-state index contributed by atoms with van der Waals surface area (Å²) in [5.41, 5.74) is 4.73. The SMILES string of the molecule is C#CCNS(=O)(=O)c1cccc(C(=O)NNC(=O)c2ccc(OC)c(OC)c2)c1. The van der Waals surface area contributed by atoms with Crippen molar-refractivity contribution in [3.63, 3.8) is 0 Å². The van der Waals surface area contributed by atoms with Crippen molar-refractivity contribution in [1.29, 1.82) is 0 Å². The van der Waals surface area contributed by atoms with Crippen molar-refractivity contribution in [2.24, 2.45) is 0 Å². The van der Waals surface area contributed by atoms with E-state index in [0.29, 0.717) is 11.5 Å². The van der Waals surface area contributed by atoms with E-state index in [4.69, 9.17) is 15.9 Å². The topological polar surface area (TPSA) is 123 Å². The normalized spacial score (nSPS) is 10.5. The lowest BCUT2D eigenvalue weighted by Crippen LogP contribution is -2.41. The van der Waals surface area contributed by atoms with Gasteiger partial charge in [-0.05, 0) is 36.4 Å². The van der Waals surface area contributed by atoms with Crippen molar-refractivity contribution in [3.8, 4) is 23.8 Å². The van der Waals surface area contributed by atoms with Crippen molar-refractivity contribution in [2.75, 3.05) is 20.8 Å². The number of nitrogens with one attached hydrogen (secondary N) is 3. The number of hydrazine groups is 1. The fourth-order valence-electron chi connectivity index (χ4n) is 2.26. The highest BCUT2D eigenvalue weighted by atomic mass is 32.2. The highest BCUT2D eigenvalue weighted by Gasteiger charge is 2.16. The van der Waals surface area contributed by atoms with Crippen molar-refractivity contribution in [2.45, 2.75) is 4.90 Å². The van der Waals surface area contributed by atoms with Gasteiger partial charge in [0.25, 0.3) is 11.8 Å². The van der Waals surface area contributed by atoms with E-state index in [2.05, 4.69) is 21.5 Å². The summed E-state index contributed by atoms with van der Waals surface area (Å²) < 4.78 is 36.6. The van der Waals surface area contributed by atoms with E-state index in [0.717, 1.165) is 6.07 Å². The molecule has 0 aliphatic heterocycles. The van der Waals surface area contributed by atoms with Crippen LogP contribution in [0.25, 0.3) is 0 Å². The Morgan fingerprint density at radius 1 is 0.966 bits per heavy atom. The van der Waals surface area contributed by atoms with Crippen LogP contribution in [0.5, 0.6) is 11.5 Å². The van der Waals surface area contributed by atoms with Crippen LogP contribution in [0.3, 0.4) is 0 Å². The Hall–Kier alpha value is -3.55. The number of benzene rings is 2. The zero-order valence-electron chi connectivity index (χ0n) is 15.7. The third-order valence-corrected chi connectivity index (χ3v) is 5.10. The number of carbonyl (C=O) groups is 2. The number of amides is 2. The van der Waals surface area contributed by atoms with Gasteiger partial charge >= 0.3 is 0 Å². The van der Waals surface area contributed by atoms with Gasteiger partial charge in [0.15, 0.2) is 11.5 Å². The fourth-order valence-corrected chi connectivity index (χ4v) is 3.24. The van der Waals surface area contributed by atoms with Gasteiger partial charge in [0.05, 0.1) is 25.7 Å². The van der Waals surface area contributed by atoms with E-state index in [1.165, 1.54) is 44.6 Å². The monoisotopic (exact) mass is 417 g/mol. The minimum Gasteiger partial charge on any atom is -0.493 e. The number of methoxy groups -OCH3 is 2. The standard InChI is InChI=1S/C19H19N3O6S/c1-4-10-20-29(25,26)15-7-5-6-13(11-15)18(23)21-22-19(24)14-8-9-16(27-2)17(12-14)28-3/h1,5-9,11-12,20H,10H2,2-3H3,(H,21,23)(H,22,24). The van der Waals surface area contributed by atoms with E-state index in [-0.39, 0.29) is 22.6 Å². The Labute approximate surface area is 168 Å². The lowest BCUT2D eigenvalue weighted by atomic mass is 10.2. The van der Waals surface area contributed by atoms with E-state index in [9.17, 15) is 18.0 Å². The van der Waals surface area contributed by atoms with Gasteiger partial charge < -0.3 is 9.47 Å². The van der Waals surface area contributed by atoms with Crippen LogP contribution in [0.1, 0.15) is 20.7 Å². The van der Waals surface area contributed by atoms with Crippen LogP contribution in [0.2, 0.25) is 0 Å². The van der Waals surface area contributed by atoms with Crippen LogP contribution in [0.15, 0.2) is 47.4 Å². The predicted molar refractivity (Wildman–Crippen MR) is 105 cm³/mol. The van der Waals surface area contributed by atoms with Crippen LogP contribution >= 0.6 is 0 Å². The molecule has 0 bridgehead atoms. The van der Waals surface area contributed by atoms with Crippen LogP contribution in [0, 0.1) is 12.3 Å². The van der Waals surface area contributed by atoms with Crippen molar-refractivity contribution < 1.29 is 27.5 Å². The Bertz CT molecular complexity index is 1060. The first-order valence-electron chi connectivity index (χ1n) is 8.18. The maximum Gasteiger partial charge on any atom is 0.269 e. The largest absolute Gasteiger partial charge is 0.493 e. The van der Waals surface area contributed by atoms with Gasteiger partial charge in [0.2, 0.25) is 10.0 Å². The van der Waals surface area contributed by atoms with E-state index < -0.39 is 21.8 Å². The molecule has 0 aliphatic carbocycles. The van der Waals surface area contributed by atoms with Gasteiger partial charge in [0.1, 0.15) is 0 Å². The van der Waals surface area contributed by atoms with Gasteiger partial charge in [-0.1, -0.05) is 12.0 Å². The smallest absolute Gasteiger partial charge is 0.269 e. The van der Waals surface area contributed by atoms with Crippen molar-refractivity contribution in [3.05, 3.63) is 53.6 Å². The molecular formula is C19H19N3O6S. The van der Waals surface area contributed by atoms with Crippen molar-refractivity contribution >= 4 is 21.8 Å². The molecule has 0 atom stereocenters. The summed E-state index contributed by atoms with van der Waals surface area (Å²) in [7, 11) is -0.955. The maximum atomic E-state index is 12.3. The van der Waals surface area contributed by atoms with Gasteiger partial charge in [-0.15, -0.1) is 6.42 Å². The first-order chi connectivity index (χ1) is 13.8. The first kappa shape index (κ1) is 21.7. The summed E-state index contributed by atoms with van der Waals surface area (Å²) in [5.74, 6) is 1.66. The highest BCUT2D eigenvalue weighted by molar-refractivity contribution is 7.89. The zero-order chi connectivity index (χ0) is 21.4. The zero-order valence-corrected chi connectivity index (χ0v) is 16.5. The quantitative estimate of drug-likeness (QED) is 0.450. The minimum atomic E-state index is -3.85. The number of hydrogen-bond acceptors (Lipinski definition) is 6. The summed E-state index contributed by atoms with van der Waals surface area (Å²) in [6, 6.07) is 9.77. The number of terminal acetylenes is 1. The second kappa shape index (κ2) is 9.59. The molecule has 2 rings (SSSR count). The van der Waals surface area contributed by atoms with E-state index in [1.54, 1.807) is 6.07 Å². The van der Waals surface area contributed by atoms with Crippen LogP contribution in [-0.4, -0.2) is 41.0 Å². The molecule has 9 nitrogen and oxygen atoms in total. The molecule has 152 valence electrons. The maximum absolute atomic E-state index is 12.3. The number of rotatable bonds is 7. The third kappa shape index (κ3) is 5.47. The molecule has 29 heavy (non-hydrogen) atoms. The molecule has 0 saturated carbocycles. The Balaban J connectivity index is 2.09. The number of carbonyl (C=O) groups excluding carboxylic acids is 2. The molecule has 2 aromatic carbocycles. The molecule has 2 amide bonds. The molecule has 2 aromatic rings. The molecule has 0 unspecified atom stereocenters. The molecule has 3 N–H and O–H groups in total. The molecule has 0 aliphatic rings. The van der Waals surface area contributed by atoms with Gasteiger partial charge in [0, 0.05) is 11.1 Å². The Morgan fingerprint density at radius 2 is 1.59 bits per heavy atom. The Morgan fingerprint density at radius 3 is 2.17 bits per heavy atom. The van der Waals surface area contributed by atoms with Crippen LogP contribution in [0.4, 0.5) is 0 Å². The number of ether oxygens (including phenoxy) is 2.